The second-order valence-corrected chi connectivity index (χ2v) is 7.64. The summed E-state index contributed by atoms with van der Waals surface area (Å²) in [5.74, 6) is 0.683. The summed E-state index contributed by atoms with van der Waals surface area (Å²) in [4.78, 5) is 11.3. The molecule has 21 heavy (non-hydrogen) atoms. The van der Waals surface area contributed by atoms with Crippen LogP contribution in [0.3, 0.4) is 0 Å². The van der Waals surface area contributed by atoms with E-state index in [4.69, 9.17) is 0 Å². The predicted molar refractivity (Wildman–Crippen MR) is 79.4 cm³/mol. The molecule has 2 N–H and O–H groups in total. The van der Waals surface area contributed by atoms with Crippen molar-refractivity contribution in [3.63, 3.8) is 0 Å². The van der Waals surface area contributed by atoms with Crippen molar-refractivity contribution < 1.29 is 13.2 Å². The first-order valence-electron chi connectivity index (χ1n) is 7.05. The lowest BCUT2D eigenvalue weighted by Gasteiger charge is -2.17. The molecule has 2 unspecified atom stereocenters. The largest absolute Gasteiger partial charge is 0.326 e. The van der Waals surface area contributed by atoms with Crippen LogP contribution in [0.25, 0.3) is 0 Å². The number of nitrogens with one attached hydrogen (secondary N) is 2. The Kier molecular flexibility index (Phi) is 3.73. The lowest BCUT2D eigenvalue weighted by Crippen LogP contribution is -2.31. The van der Waals surface area contributed by atoms with Crippen LogP contribution in [-0.4, -0.2) is 44.8 Å². The summed E-state index contributed by atoms with van der Waals surface area (Å²) >= 11 is 0. The van der Waals surface area contributed by atoms with E-state index in [2.05, 4.69) is 10.6 Å². The zero-order valence-electron chi connectivity index (χ0n) is 11.9. The number of sulfonamides is 1. The SMILES string of the molecule is CC(=O)Nc1ccc(S(=O)(=O)N2CC3CNCC3C2)cc1. The van der Waals surface area contributed by atoms with Crippen molar-refractivity contribution in [1.82, 2.24) is 9.62 Å². The van der Waals surface area contributed by atoms with E-state index in [9.17, 15) is 13.2 Å². The smallest absolute Gasteiger partial charge is 0.243 e. The average Bonchev–Trinajstić information content (AvgIpc) is 2.99. The van der Waals surface area contributed by atoms with Crippen LogP contribution < -0.4 is 10.6 Å². The molecule has 7 heteroatoms. The third-order valence-electron chi connectivity index (χ3n) is 4.17. The molecule has 1 amide bonds. The van der Waals surface area contributed by atoms with Gasteiger partial charge in [0.05, 0.1) is 4.90 Å². The number of carbonyl (C=O) groups is 1. The zero-order chi connectivity index (χ0) is 15.0. The molecule has 0 aliphatic carbocycles. The summed E-state index contributed by atoms with van der Waals surface area (Å²) in [6, 6.07) is 6.33. The molecule has 1 aromatic rings. The lowest BCUT2D eigenvalue weighted by molar-refractivity contribution is -0.114. The van der Waals surface area contributed by atoms with Crippen molar-refractivity contribution in [2.75, 3.05) is 31.5 Å². The third-order valence-corrected chi connectivity index (χ3v) is 6.01. The highest BCUT2D eigenvalue weighted by Gasteiger charge is 2.41. The maximum absolute atomic E-state index is 12.6. The molecule has 2 atom stereocenters. The number of benzene rings is 1. The quantitative estimate of drug-likeness (QED) is 0.851. The number of hydrogen-bond donors (Lipinski definition) is 2. The molecule has 2 heterocycles. The van der Waals surface area contributed by atoms with E-state index in [0.717, 1.165) is 13.1 Å². The summed E-state index contributed by atoms with van der Waals surface area (Å²) in [6.45, 7) is 4.40. The van der Waals surface area contributed by atoms with Gasteiger partial charge in [0.25, 0.3) is 0 Å². The first kappa shape index (κ1) is 14.5. The van der Waals surface area contributed by atoms with Gasteiger partial charge in [-0.2, -0.15) is 4.31 Å². The fourth-order valence-corrected chi connectivity index (χ4v) is 4.62. The highest BCUT2D eigenvalue weighted by Crippen LogP contribution is 2.31. The lowest BCUT2D eigenvalue weighted by atomic mass is 10.0. The molecule has 3 rings (SSSR count). The van der Waals surface area contributed by atoms with E-state index in [1.165, 1.54) is 6.92 Å². The molecule has 0 saturated carbocycles. The molecule has 6 nitrogen and oxygen atoms in total. The van der Waals surface area contributed by atoms with Crippen LogP contribution in [0.1, 0.15) is 6.92 Å². The third kappa shape index (κ3) is 2.81. The average molecular weight is 309 g/mol. The number of amides is 1. The summed E-state index contributed by atoms with van der Waals surface area (Å²) in [7, 11) is -3.43. The molecular weight excluding hydrogens is 290 g/mol. The van der Waals surface area contributed by atoms with E-state index in [1.54, 1.807) is 28.6 Å². The van der Waals surface area contributed by atoms with E-state index < -0.39 is 10.0 Å². The predicted octanol–water partition coefficient (Wildman–Crippen LogP) is 0.485. The monoisotopic (exact) mass is 309 g/mol. The second-order valence-electron chi connectivity index (χ2n) is 5.71. The minimum Gasteiger partial charge on any atom is -0.326 e. The molecule has 2 saturated heterocycles. The van der Waals surface area contributed by atoms with Crippen LogP contribution in [0.5, 0.6) is 0 Å². The number of nitrogens with zero attached hydrogens (tertiary/aromatic N) is 1. The highest BCUT2D eigenvalue weighted by atomic mass is 32.2. The summed E-state index contributed by atoms with van der Waals surface area (Å²) in [5, 5.41) is 5.93. The van der Waals surface area contributed by atoms with Crippen molar-refractivity contribution in [2.24, 2.45) is 11.8 Å². The Labute approximate surface area is 124 Å². The first-order chi connectivity index (χ1) is 9.96. The van der Waals surface area contributed by atoms with Crippen LogP contribution in [0, 0.1) is 11.8 Å². The molecule has 2 fully saturated rings. The topological polar surface area (TPSA) is 78.5 Å². The van der Waals surface area contributed by atoms with E-state index in [0.29, 0.717) is 30.6 Å². The van der Waals surface area contributed by atoms with E-state index in [1.807, 2.05) is 0 Å². The number of rotatable bonds is 3. The van der Waals surface area contributed by atoms with E-state index >= 15 is 0 Å². The normalized spacial score (nSPS) is 25.8. The van der Waals surface area contributed by atoms with Gasteiger partial charge in [0.15, 0.2) is 0 Å². The molecule has 0 radical (unpaired) electrons. The molecule has 114 valence electrons. The van der Waals surface area contributed by atoms with Crippen molar-refractivity contribution in [3.8, 4) is 0 Å². The first-order valence-corrected chi connectivity index (χ1v) is 8.49. The molecule has 0 bridgehead atoms. The fourth-order valence-electron chi connectivity index (χ4n) is 3.07. The van der Waals surface area contributed by atoms with Gasteiger partial charge in [-0.1, -0.05) is 0 Å². The highest BCUT2D eigenvalue weighted by molar-refractivity contribution is 7.89. The summed E-state index contributed by atoms with van der Waals surface area (Å²) in [6.07, 6.45) is 0. The number of hydrogen-bond acceptors (Lipinski definition) is 4. The Morgan fingerprint density at radius 1 is 1.19 bits per heavy atom. The van der Waals surface area contributed by atoms with Crippen LogP contribution in [0.2, 0.25) is 0 Å². The van der Waals surface area contributed by atoms with Crippen LogP contribution in [0.4, 0.5) is 5.69 Å². The van der Waals surface area contributed by atoms with Gasteiger partial charge < -0.3 is 10.6 Å². The Bertz CT molecular complexity index is 630. The van der Waals surface area contributed by atoms with Crippen molar-refractivity contribution >= 4 is 21.6 Å². The van der Waals surface area contributed by atoms with Gasteiger partial charge >= 0.3 is 0 Å². The van der Waals surface area contributed by atoms with Gasteiger partial charge in [0.1, 0.15) is 0 Å². The molecule has 0 spiro atoms. The van der Waals surface area contributed by atoms with Crippen molar-refractivity contribution in [1.29, 1.82) is 0 Å². The number of carbonyl (C=O) groups excluding carboxylic acids is 1. The summed E-state index contributed by atoms with van der Waals surface area (Å²) < 4.78 is 26.8. The zero-order valence-corrected chi connectivity index (χ0v) is 12.7. The minimum atomic E-state index is -3.43. The van der Waals surface area contributed by atoms with Gasteiger partial charge in [-0.15, -0.1) is 0 Å². The van der Waals surface area contributed by atoms with Gasteiger partial charge in [0, 0.05) is 25.7 Å². The molecule has 2 aliphatic heterocycles. The number of anilines is 1. The maximum Gasteiger partial charge on any atom is 0.243 e. The molecule has 2 aliphatic rings. The van der Waals surface area contributed by atoms with Gasteiger partial charge in [0.2, 0.25) is 15.9 Å². The van der Waals surface area contributed by atoms with Crippen molar-refractivity contribution in [3.05, 3.63) is 24.3 Å². The fraction of sp³-hybridized carbons (Fsp3) is 0.500. The van der Waals surface area contributed by atoms with Crippen LogP contribution in [0.15, 0.2) is 29.2 Å². The van der Waals surface area contributed by atoms with Crippen LogP contribution >= 0.6 is 0 Å². The molecule has 1 aromatic carbocycles. The Morgan fingerprint density at radius 2 is 1.76 bits per heavy atom. The Morgan fingerprint density at radius 3 is 2.29 bits per heavy atom. The Balaban J connectivity index is 1.77. The standard InChI is InChI=1S/C14H19N3O3S/c1-10(18)16-13-2-4-14(5-3-13)21(19,20)17-8-11-6-15-7-12(11)9-17/h2-5,11-12,15H,6-9H2,1H3,(H,16,18). The number of fused-ring (bicyclic) bond motifs is 1. The van der Waals surface area contributed by atoms with Crippen molar-refractivity contribution in [2.45, 2.75) is 11.8 Å². The van der Waals surface area contributed by atoms with E-state index in [-0.39, 0.29) is 10.8 Å². The van der Waals surface area contributed by atoms with Crippen LogP contribution in [-0.2, 0) is 14.8 Å². The second kappa shape index (κ2) is 5.40. The van der Waals surface area contributed by atoms with Gasteiger partial charge in [-0.3, -0.25) is 4.79 Å². The molecule has 0 aromatic heterocycles. The van der Waals surface area contributed by atoms with Gasteiger partial charge in [-0.05, 0) is 49.2 Å². The molecular formula is C14H19N3O3S. The van der Waals surface area contributed by atoms with Gasteiger partial charge in [-0.25, -0.2) is 8.42 Å². The minimum absolute atomic E-state index is 0.175. The Hall–Kier alpha value is -1.44. The maximum atomic E-state index is 12.6. The summed E-state index contributed by atoms with van der Waals surface area (Å²) in [5.41, 5.74) is 0.601.